The number of benzene rings is 2. The quantitative estimate of drug-likeness (QED) is 0.736. The van der Waals surface area contributed by atoms with Gasteiger partial charge in [0.15, 0.2) is 0 Å². The summed E-state index contributed by atoms with van der Waals surface area (Å²) in [4.78, 5) is 43.5. The lowest BCUT2D eigenvalue weighted by Gasteiger charge is -2.38. The van der Waals surface area contributed by atoms with Crippen LogP contribution in [-0.2, 0) is 21.4 Å². The summed E-state index contributed by atoms with van der Waals surface area (Å²) >= 11 is 0. The van der Waals surface area contributed by atoms with Crippen molar-refractivity contribution in [3.05, 3.63) is 65.0 Å². The molecule has 5 rings (SSSR count). The average molecular weight is 475 g/mol. The average Bonchev–Trinajstić information content (AvgIpc) is 3.36. The fourth-order valence-electron chi connectivity index (χ4n) is 5.75. The largest absolute Gasteiger partial charge is 0.326 e. The van der Waals surface area contributed by atoms with Crippen molar-refractivity contribution in [1.82, 2.24) is 9.80 Å². The van der Waals surface area contributed by atoms with Crippen LogP contribution >= 0.6 is 0 Å². The first kappa shape index (κ1) is 23.0. The van der Waals surface area contributed by atoms with Crippen LogP contribution in [0, 0.1) is 23.1 Å². The molecule has 2 aromatic carbocycles. The number of halogens is 1. The van der Waals surface area contributed by atoms with Gasteiger partial charge < -0.3 is 15.1 Å². The van der Waals surface area contributed by atoms with Crippen molar-refractivity contribution in [3.8, 4) is 6.07 Å². The summed E-state index contributed by atoms with van der Waals surface area (Å²) in [5, 5.41) is 12.8. The van der Waals surface area contributed by atoms with E-state index in [1.165, 1.54) is 21.9 Å². The van der Waals surface area contributed by atoms with Gasteiger partial charge in [-0.25, -0.2) is 4.39 Å². The van der Waals surface area contributed by atoms with Gasteiger partial charge in [-0.15, -0.1) is 0 Å². The van der Waals surface area contributed by atoms with E-state index in [1.807, 2.05) is 38.1 Å². The van der Waals surface area contributed by atoms with Gasteiger partial charge in [0.2, 0.25) is 11.8 Å². The fourth-order valence-corrected chi connectivity index (χ4v) is 5.75. The predicted octanol–water partition coefficient (Wildman–Crippen LogP) is 3.25. The minimum absolute atomic E-state index is 0.0781. The first-order valence-electron chi connectivity index (χ1n) is 12.0. The normalized spacial score (nSPS) is 23.8. The molecule has 1 spiro atoms. The van der Waals surface area contributed by atoms with Gasteiger partial charge >= 0.3 is 0 Å². The van der Waals surface area contributed by atoms with E-state index in [9.17, 15) is 24.0 Å². The van der Waals surface area contributed by atoms with Gasteiger partial charge in [0.05, 0.1) is 11.5 Å². The lowest BCUT2D eigenvalue weighted by Crippen LogP contribution is -2.55. The van der Waals surface area contributed by atoms with Gasteiger partial charge in [0.1, 0.15) is 17.9 Å². The Kier molecular flexibility index (Phi) is 5.59. The van der Waals surface area contributed by atoms with Crippen LogP contribution < -0.4 is 5.32 Å². The number of rotatable bonds is 4. The molecule has 0 aliphatic carbocycles. The van der Waals surface area contributed by atoms with E-state index in [0.29, 0.717) is 25.1 Å². The number of anilines is 1. The highest BCUT2D eigenvalue weighted by atomic mass is 19.1. The molecule has 1 fully saturated rings. The van der Waals surface area contributed by atoms with Gasteiger partial charge in [-0.1, -0.05) is 38.1 Å². The molecule has 0 aromatic heterocycles. The second kappa shape index (κ2) is 8.49. The first-order valence-corrected chi connectivity index (χ1v) is 12.0. The standard InChI is InChI=1S/C27H27FN4O3/c1-16(2)11-23(31-10-9-17-7-8-18(28)12-20(17)24(31)33)25(34)32-15-27(13-19(32)14-29)21-5-3-4-6-22(21)30-26(27)35/h3-8,12,16,19,23H,9-11,13,15H2,1-2H3,(H,30,35)/t19-,23-,27-/m0/s1. The van der Waals surface area contributed by atoms with Crippen LogP contribution in [0.2, 0.25) is 0 Å². The van der Waals surface area contributed by atoms with Crippen LogP contribution in [0.3, 0.4) is 0 Å². The smallest absolute Gasteiger partial charge is 0.254 e. The molecule has 3 amide bonds. The van der Waals surface area contributed by atoms with Crippen LogP contribution in [0.25, 0.3) is 0 Å². The van der Waals surface area contributed by atoms with E-state index < -0.39 is 23.3 Å². The summed E-state index contributed by atoms with van der Waals surface area (Å²) in [6, 6.07) is 12.2. The number of nitrogens with one attached hydrogen (secondary N) is 1. The van der Waals surface area contributed by atoms with Crippen LogP contribution in [0.4, 0.5) is 10.1 Å². The van der Waals surface area contributed by atoms with Crippen molar-refractivity contribution in [2.45, 2.75) is 50.6 Å². The zero-order valence-electron chi connectivity index (χ0n) is 19.8. The number of nitriles is 1. The third-order valence-electron chi connectivity index (χ3n) is 7.46. The lowest BCUT2D eigenvalue weighted by molar-refractivity contribution is -0.137. The molecule has 0 unspecified atom stereocenters. The van der Waals surface area contributed by atoms with E-state index in [0.717, 1.165) is 11.1 Å². The number of nitrogens with zero attached hydrogens (tertiary/aromatic N) is 3. The molecule has 3 atom stereocenters. The lowest BCUT2D eigenvalue weighted by atomic mass is 9.80. The van der Waals surface area contributed by atoms with Crippen LogP contribution in [0.15, 0.2) is 42.5 Å². The zero-order chi connectivity index (χ0) is 24.9. The topological polar surface area (TPSA) is 93.5 Å². The number of hydrogen-bond donors (Lipinski definition) is 1. The molecule has 3 aliphatic rings. The van der Waals surface area contributed by atoms with Crippen LogP contribution in [0.5, 0.6) is 0 Å². The number of hydrogen-bond acceptors (Lipinski definition) is 4. The van der Waals surface area contributed by atoms with Crippen molar-refractivity contribution in [2.24, 2.45) is 5.92 Å². The highest BCUT2D eigenvalue weighted by molar-refractivity contribution is 6.07. The van der Waals surface area contributed by atoms with Crippen molar-refractivity contribution < 1.29 is 18.8 Å². The molecule has 3 heterocycles. The van der Waals surface area contributed by atoms with E-state index in [4.69, 9.17) is 0 Å². The summed E-state index contributed by atoms with van der Waals surface area (Å²) in [6.07, 6.45) is 1.12. The van der Waals surface area contributed by atoms with Gasteiger partial charge in [-0.3, -0.25) is 14.4 Å². The highest BCUT2D eigenvalue weighted by Gasteiger charge is 2.56. The van der Waals surface area contributed by atoms with Gasteiger partial charge in [0.25, 0.3) is 5.91 Å². The summed E-state index contributed by atoms with van der Waals surface area (Å²) in [5.41, 5.74) is 1.54. The molecule has 3 aliphatic heterocycles. The third kappa shape index (κ3) is 3.66. The Morgan fingerprint density at radius 2 is 2.03 bits per heavy atom. The maximum atomic E-state index is 14.0. The number of carbonyl (C=O) groups is 3. The predicted molar refractivity (Wildman–Crippen MR) is 127 cm³/mol. The van der Waals surface area contributed by atoms with Gasteiger partial charge in [-0.05, 0) is 48.1 Å². The Bertz CT molecular complexity index is 1270. The molecule has 35 heavy (non-hydrogen) atoms. The maximum Gasteiger partial charge on any atom is 0.254 e. The maximum absolute atomic E-state index is 14.0. The van der Waals surface area contributed by atoms with Gasteiger partial charge in [0, 0.05) is 30.8 Å². The van der Waals surface area contributed by atoms with E-state index in [1.54, 1.807) is 6.07 Å². The minimum atomic E-state index is -0.989. The number of amides is 3. The zero-order valence-corrected chi connectivity index (χ0v) is 19.8. The van der Waals surface area contributed by atoms with Crippen molar-refractivity contribution >= 4 is 23.4 Å². The SMILES string of the molecule is CC(C)C[C@@H](C(=O)N1C[C@]2(C[C@H]1C#N)C(=O)Nc1ccccc12)N1CCc2ccc(F)cc2C1=O. The van der Waals surface area contributed by atoms with Crippen molar-refractivity contribution in [1.29, 1.82) is 5.26 Å². The molecule has 1 N–H and O–H groups in total. The molecule has 0 bridgehead atoms. The fraction of sp³-hybridized carbons (Fsp3) is 0.407. The molecule has 8 heteroatoms. The van der Waals surface area contributed by atoms with Gasteiger partial charge in [-0.2, -0.15) is 5.26 Å². The summed E-state index contributed by atoms with van der Waals surface area (Å²) in [6.45, 7) is 4.35. The summed E-state index contributed by atoms with van der Waals surface area (Å²) < 4.78 is 13.9. The monoisotopic (exact) mass is 474 g/mol. The molecular formula is C27H27FN4O3. The molecule has 2 aromatic rings. The van der Waals surface area contributed by atoms with Crippen LogP contribution in [0.1, 0.15) is 48.2 Å². The number of likely N-dealkylation sites (tertiary alicyclic amines) is 1. The summed E-state index contributed by atoms with van der Waals surface area (Å²) in [7, 11) is 0. The molecule has 7 nitrogen and oxygen atoms in total. The highest BCUT2D eigenvalue weighted by Crippen LogP contribution is 2.46. The third-order valence-corrected chi connectivity index (χ3v) is 7.46. The molecule has 0 radical (unpaired) electrons. The number of fused-ring (bicyclic) bond motifs is 3. The Labute approximate surface area is 203 Å². The summed E-state index contributed by atoms with van der Waals surface area (Å²) in [5.74, 6) is -1.34. The first-order chi connectivity index (χ1) is 16.7. The van der Waals surface area contributed by atoms with Crippen molar-refractivity contribution in [2.75, 3.05) is 18.4 Å². The Morgan fingerprint density at radius 1 is 1.26 bits per heavy atom. The van der Waals surface area contributed by atoms with E-state index in [-0.39, 0.29) is 42.2 Å². The Balaban J connectivity index is 1.49. The molecule has 180 valence electrons. The number of carbonyl (C=O) groups excluding carboxylic acids is 3. The minimum Gasteiger partial charge on any atom is -0.326 e. The molecule has 1 saturated heterocycles. The molecule has 0 saturated carbocycles. The van der Waals surface area contributed by atoms with Crippen LogP contribution in [-0.4, -0.2) is 52.7 Å². The Morgan fingerprint density at radius 3 is 2.77 bits per heavy atom. The Hall–Kier alpha value is -3.73. The van der Waals surface area contributed by atoms with E-state index in [2.05, 4.69) is 11.4 Å². The van der Waals surface area contributed by atoms with Crippen molar-refractivity contribution in [3.63, 3.8) is 0 Å². The second-order valence-electron chi connectivity index (χ2n) is 10.1. The van der Waals surface area contributed by atoms with E-state index >= 15 is 0 Å². The second-order valence-corrected chi connectivity index (χ2v) is 10.1. The number of para-hydroxylation sites is 1. The molecular weight excluding hydrogens is 447 g/mol.